The number of carbonyl (C=O) groups excluding carboxylic acids is 1. The molecule has 0 aliphatic carbocycles. The van der Waals surface area contributed by atoms with Crippen LogP contribution in [-0.2, 0) is 11.3 Å². The Morgan fingerprint density at radius 3 is 2.57 bits per heavy atom. The average molecular weight is 468 g/mol. The molecular weight excluding hydrogens is 441 g/mol. The third-order valence-electron chi connectivity index (χ3n) is 5.95. The van der Waals surface area contributed by atoms with Crippen molar-refractivity contribution in [3.63, 3.8) is 0 Å². The van der Waals surface area contributed by atoms with E-state index in [-0.39, 0.29) is 11.7 Å². The minimum atomic E-state index is -0.390. The van der Waals surface area contributed by atoms with Crippen molar-refractivity contribution in [2.24, 2.45) is 0 Å². The first kappa shape index (κ1) is 22.6. The van der Waals surface area contributed by atoms with Crippen molar-refractivity contribution in [3.05, 3.63) is 102 Å². The number of nitrogens with zero attached hydrogens (tertiary/aromatic N) is 3. The molecule has 4 aromatic rings. The molecule has 3 aromatic carbocycles. The monoisotopic (exact) mass is 467 g/mol. The fourth-order valence-corrected chi connectivity index (χ4v) is 4.18. The Labute approximate surface area is 203 Å². The van der Waals surface area contributed by atoms with Gasteiger partial charge < -0.3 is 20.1 Å². The van der Waals surface area contributed by atoms with E-state index in [4.69, 9.17) is 0 Å². The molecule has 1 aliphatic rings. The van der Waals surface area contributed by atoms with Gasteiger partial charge in [-0.2, -0.15) is 0 Å². The first-order chi connectivity index (χ1) is 17.0. The number of rotatable bonds is 7. The second kappa shape index (κ2) is 9.56. The fraction of sp³-hybridized carbons (Fsp3) is 0.143. The number of hydrogen-bond acceptors (Lipinski definition) is 4. The Balaban J connectivity index is 1.50. The van der Waals surface area contributed by atoms with Gasteiger partial charge in [-0.15, -0.1) is 0 Å². The van der Waals surface area contributed by atoms with E-state index in [9.17, 15) is 9.18 Å². The number of amides is 1. The number of likely N-dealkylation sites (N-methyl/N-ethyl adjacent to an activating group) is 1. The maximum Gasteiger partial charge on any atom is 0.258 e. The van der Waals surface area contributed by atoms with E-state index in [1.165, 1.54) is 12.1 Å². The number of nitrogens with one attached hydrogen (secondary N) is 2. The van der Waals surface area contributed by atoms with Crippen LogP contribution in [0.5, 0.6) is 0 Å². The molecule has 35 heavy (non-hydrogen) atoms. The zero-order valence-electron chi connectivity index (χ0n) is 19.6. The normalized spacial score (nSPS) is 14.1. The minimum Gasteiger partial charge on any atom is -0.354 e. The number of anilines is 2. The van der Waals surface area contributed by atoms with Crippen molar-refractivity contribution in [2.45, 2.75) is 6.54 Å². The summed E-state index contributed by atoms with van der Waals surface area (Å²) < 4.78 is 15.9. The fourth-order valence-electron chi connectivity index (χ4n) is 4.18. The smallest absolute Gasteiger partial charge is 0.258 e. The van der Waals surface area contributed by atoms with E-state index in [0.717, 1.165) is 35.7 Å². The van der Waals surface area contributed by atoms with Crippen molar-refractivity contribution in [1.82, 2.24) is 14.5 Å². The van der Waals surface area contributed by atoms with Gasteiger partial charge in [-0.05, 0) is 62.1 Å². The van der Waals surface area contributed by atoms with E-state index >= 15 is 0 Å². The quantitative estimate of drug-likeness (QED) is 0.368. The van der Waals surface area contributed by atoms with Gasteiger partial charge >= 0.3 is 0 Å². The van der Waals surface area contributed by atoms with Crippen molar-refractivity contribution >= 4 is 28.6 Å². The van der Waals surface area contributed by atoms with Crippen LogP contribution in [0.2, 0.25) is 0 Å². The molecule has 0 atom stereocenters. The number of benzene rings is 3. The zero-order chi connectivity index (χ0) is 24.4. The lowest BCUT2D eigenvalue weighted by molar-refractivity contribution is -0.110. The predicted octanol–water partition coefficient (Wildman–Crippen LogP) is 5.18. The van der Waals surface area contributed by atoms with Gasteiger partial charge in [0.05, 0.1) is 17.0 Å². The van der Waals surface area contributed by atoms with Crippen molar-refractivity contribution in [1.29, 1.82) is 0 Å². The first-order valence-corrected chi connectivity index (χ1v) is 11.4. The summed E-state index contributed by atoms with van der Waals surface area (Å²) in [4.78, 5) is 19.6. The van der Waals surface area contributed by atoms with Gasteiger partial charge in [0, 0.05) is 42.3 Å². The molecule has 0 unspecified atom stereocenters. The Morgan fingerprint density at radius 2 is 1.83 bits per heavy atom. The lowest BCUT2D eigenvalue weighted by atomic mass is 10.00. The third-order valence-corrected chi connectivity index (χ3v) is 5.95. The highest BCUT2D eigenvalue weighted by molar-refractivity contribution is 6.37. The first-order valence-electron chi connectivity index (χ1n) is 11.4. The van der Waals surface area contributed by atoms with E-state index < -0.39 is 0 Å². The Kier molecular flexibility index (Phi) is 6.16. The van der Waals surface area contributed by atoms with Crippen LogP contribution < -0.4 is 10.6 Å². The number of fused-ring (bicyclic) bond motifs is 1. The number of halogens is 1. The van der Waals surface area contributed by atoms with Gasteiger partial charge in [-0.25, -0.2) is 9.37 Å². The SMILES string of the molecule is CN(C)CCn1ccnc1-c1ccc(NC(=C2C(=O)Nc3cc(F)ccc32)c2ccccc2)cc1. The van der Waals surface area contributed by atoms with E-state index in [1.807, 2.05) is 67.0 Å². The molecular formula is C28H26FN5O. The number of hydrogen-bond donors (Lipinski definition) is 2. The van der Waals surface area contributed by atoms with Gasteiger partial charge in [-0.1, -0.05) is 30.3 Å². The summed E-state index contributed by atoms with van der Waals surface area (Å²) in [5.74, 6) is 0.252. The Hall–Kier alpha value is -4.23. The van der Waals surface area contributed by atoms with Crippen LogP contribution in [0.25, 0.3) is 22.7 Å². The molecule has 176 valence electrons. The molecule has 7 heteroatoms. The molecule has 6 nitrogen and oxygen atoms in total. The molecule has 0 radical (unpaired) electrons. The molecule has 0 saturated heterocycles. The lowest BCUT2D eigenvalue weighted by Crippen LogP contribution is -2.18. The summed E-state index contributed by atoms with van der Waals surface area (Å²) in [6.45, 7) is 1.77. The van der Waals surface area contributed by atoms with Crippen LogP contribution >= 0.6 is 0 Å². The highest BCUT2D eigenvalue weighted by atomic mass is 19.1. The van der Waals surface area contributed by atoms with Crippen LogP contribution in [-0.4, -0.2) is 41.0 Å². The van der Waals surface area contributed by atoms with Crippen LogP contribution in [0.3, 0.4) is 0 Å². The summed E-state index contributed by atoms with van der Waals surface area (Å²) >= 11 is 0. The summed E-state index contributed by atoms with van der Waals surface area (Å²) in [6, 6.07) is 22.0. The largest absolute Gasteiger partial charge is 0.354 e. The van der Waals surface area contributed by atoms with Crippen LogP contribution in [0.15, 0.2) is 85.2 Å². The van der Waals surface area contributed by atoms with Gasteiger partial charge in [0.25, 0.3) is 5.91 Å². The summed E-state index contributed by atoms with van der Waals surface area (Å²) in [7, 11) is 4.10. The molecule has 2 N–H and O–H groups in total. The summed E-state index contributed by atoms with van der Waals surface area (Å²) in [6.07, 6.45) is 3.80. The maximum absolute atomic E-state index is 13.8. The number of imidazole rings is 1. The van der Waals surface area contributed by atoms with Crippen molar-refractivity contribution in [3.8, 4) is 11.4 Å². The predicted molar refractivity (Wildman–Crippen MR) is 138 cm³/mol. The van der Waals surface area contributed by atoms with E-state index in [2.05, 4.69) is 39.2 Å². The highest BCUT2D eigenvalue weighted by Gasteiger charge is 2.28. The van der Waals surface area contributed by atoms with Crippen LogP contribution in [0.1, 0.15) is 11.1 Å². The Bertz CT molecular complexity index is 1390. The summed E-state index contributed by atoms with van der Waals surface area (Å²) in [5.41, 5.74) is 4.98. The summed E-state index contributed by atoms with van der Waals surface area (Å²) in [5, 5.41) is 6.23. The second-order valence-electron chi connectivity index (χ2n) is 8.71. The lowest BCUT2D eigenvalue weighted by Gasteiger charge is -2.16. The highest BCUT2D eigenvalue weighted by Crippen LogP contribution is 2.38. The standard InChI is InChI=1S/C28H26FN5O/c1-33(2)16-17-34-15-14-30-27(34)20-8-11-22(12-9-20)31-26(19-6-4-3-5-7-19)25-23-13-10-21(29)18-24(23)32-28(25)35/h3-15,18,31H,16-17H2,1-2H3,(H,32,35). The molecule has 1 aliphatic heterocycles. The molecule has 5 rings (SSSR count). The van der Waals surface area contributed by atoms with Gasteiger partial charge in [0.1, 0.15) is 11.6 Å². The Morgan fingerprint density at radius 1 is 1.06 bits per heavy atom. The number of carbonyl (C=O) groups is 1. The topological polar surface area (TPSA) is 62.2 Å². The molecule has 0 fully saturated rings. The van der Waals surface area contributed by atoms with Crippen molar-refractivity contribution in [2.75, 3.05) is 31.3 Å². The molecule has 1 aromatic heterocycles. The molecule has 0 bridgehead atoms. The third kappa shape index (κ3) is 4.72. The van der Waals surface area contributed by atoms with Crippen molar-refractivity contribution < 1.29 is 9.18 Å². The minimum absolute atomic E-state index is 0.267. The van der Waals surface area contributed by atoms with E-state index in [1.54, 1.807) is 6.07 Å². The van der Waals surface area contributed by atoms with Gasteiger partial charge in [-0.3, -0.25) is 4.79 Å². The van der Waals surface area contributed by atoms with Gasteiger partial charge in [0.2, 0.25) is 0 Å². The van der Waals surface area contributed by atoms with Gasteiger partial charge in [0.15, 0.2) is 0 Å². The molecule has 1 amide bonds. The molecule has 2 heterocycles. The van der Waals surface area contributed by atoms with E-state index in [0.29, 0.717) is 22.5 Å². The zero-order valence-corrected chi connectivity index (χ0v) is 19.6. The average Bonchev–Trinajstić information content (AvgIpc) is 3.45. The molecule has 0 spiro atoms. The van der Waals surface area contributed by atoms with Crippen LogP contribution in [0, 0.1) is 5.82 Å². The molecule has 0 saturated carbocycles. The van der Waals surface area contributed by atoms with Crippen LogP contribution in [0.4, 0.5) is 15.8 Å². The number of aromatic nitrogens is 2. The maximum atomic E-state index is 13.8. The second-order valence-corrected chi connectivity index (χ2v) is 8.71.